The predicted molar refractivity (Wildman–Crippen MR) is 100 cm³/mol. The van der Waals surface area contributed by atoms with E-state index in [-0.39, 0.29) is 12.0 Å². The van der Waals surface area contributed by atoms with E-state index in [0.29, 0.717) is 12.3 Å². The molecule has 2 aromatic rings. The lowest BCUT2D eigenvalue weighted by molar-refractivity contribution is -0.142. The quantitative estimate of drug-likeness (QED) is 0.762. The van der Waals surface area contributed by atoms with Crippen molar-refractivity contribution in [2.24, 2.45) is 0 Å². The van der Waals surface area contributed by atoms with Gasteiger partial charge in [0.1, 0.15) is 0 Å². The highest BCUT2D eigenvalue weighted by Gasteiger charge is 2.31. The molecule has 2 atom stereocenters. The van der Waals surface area contributed by atoms with Gasteiger partial charge < -0.3 is 4.74 Å². The lowest BCUT2D eigenvalue weighted by Gasteiger charge is -2.39. The van der Waals surface area contributed by atoms with Crippen LogP contribution in [0.1, 0.15) is 41.9 Å². The number of hydrogen-bond donors (Lipinski definition) is 0. The van der Waals surface area contributed by atoms with Crippen molar-refractivity contribution in [1.82, 2.24) is 4.90 Å². The van der Waals surface area contributed by atoms with Gasteiger partial charge in [0, 0.05) is 12.6 Å². The molecule has 1 heterocycles. The van der Waals surface area contributed by atoms with Crippen LogP contribution in [0.4, 0.5) is 0 Å². The van der Waals surface area contributed by atoms with Crippen LogP contribution in [0.3, 0.4) is 0 Å². The van der Waals surface area contributed by atoms with Gasteiger partial charge in [0.2, 0.25) is 0 Å². The minimum atomic E-state index is -0.118. The highest BCUT2D eigenvalue weighted by molar-refractivity contribution is 5.70. The van der Waals surface area contributed by atoms with E-state index in [1.807, 2.05) is 0 Å². The Morgan fingerprint density at radius 3 is 2.52 bits per heavy atom. The second-order valence-electron chi connectivity index (χ2n) is 7.02. The Kier molecular flexibility index (Phi) is 5.87. The first-order valence-electron chi connectivity index (χ1n) is 9.07. The SMILES string of the molecule is COC(=O)C[C@H]1C[C@@H](c2ccccc2)CCN1Cc1ccc(C)cc1. The number of carbonyl (C=O) groups is 1. The van der Waals surface area contributed by atoms with E-state index in [1.54, 1.807) is 0 Å². The van der Waals surface area contributed by atoms with Crippen molar-refractivity contribution >= 4 is 5.97 Å². The van der Waals surface area contributed by atoms with Crippen molar-refractivity contribution in [1.29, 1.82) is 0 Å². The van der Waals surface area contributed by atoms with E-state index in [4.69, 9.17) is 4.74 Å². The molecule has 0 N–H and O–H groups in total. The Balaban J connectivity index is 1.73. The van der Waals surface area contributed by atoms with Gasteiger partial charge in [0.25, 0.3) is 0 Å². The molecule has 0 unspecified atom stereocenters. The molecule has 3 heteroatoms. The highest BCUT2D eigenvalue weighted by atomic mass is 16.5. The molecule has 0 bridgehead atoms. The third-order valence-electron chi connectivity index (χ3n) is 5.24. The zero-order valence-corrected chi connectivity index (χ0v) is 15.2. The summed E-state index contributed by atoms with van der Waals surface area (Å²) in [5.41, 5.74) is 3.96. The van der Waals surface area contributed by atoms with Gasteiger partial charge in [0.05, 0.1) is 13.5 Å². The Morgan fingerprint density at radius 1 is 1.12 bits per heavy atom. The van der Waals surface area contributed by atoms with E-state index in [2.05, 4.69) is 66.4 Å². The number of ether oxygens (including phenoxy) is 1. The normalized spacial score (nSPS) is 21.0. The van der Waals surface area contributed by atoms with Crippen molar-refractivity contribution in [3.05, 3.63) is 71.3 Å². The number of piperidine rings is 1. The fraction of sp³-hybridized carbons (Fsp3) is 0.409. The zero-order chi connectivity index (χ0) is 17.6. The molecule has 0 aliphatic carbocycles. The molecule has 0 saturated carbocycles. The first kappa shape index (κ1) is 17.7. The molecule has 132 valence electrons. The van der Waals surface area contributed by atoms with Gasteiger partial charge in [-0.25, -0.2) is 0 Å². The fourth-order valence-corrected chi connectivity index (χ4v) is 3.75. The smallest absolute Gasteiger partial charge is 0.307 e. The number of nitrogens with zero attached hydrogens (tertiary/aromatic N) is 1. The van der Waals surface area contributed by atoms with Gasteiger partial charge in [-0.2, -0.15) is 0 Å². The summed E-state index contributed by atoms with van der Waals surface area (Å²) in [6.45, 7) is 4.01. The van der Waals surface area contributed by atoms with E-state index < -0.39 is 0 Å². The van der Waals surface area contributed by atoms with Crippen LogP contribution in [0.25, 0.3) is 0 Å². The molecule has 0 spiro atoms. The summed E-state index contributed by atoms with van der Waals surface area (Å²) in [5, 5.41) is 0. The molecule has 3 rings (SSSR count). The number of benzene rings is 2. The van der Waals surface area contributed by atoms with Crippen molar-refractivity contribution in [3.8, 4) is 0 Å². The van der Waals surface area contributed by atoms with E-state index in [1.165, 1.54) is 23.8 Å². The first-order valence-corrected chi connectivity index (χ1v) is 9.07. The maximum Gasteiger partial charge on any atom is 0.307 e. The number of esters is 1. The predicted octanol–water partition coefficient (Wildman–Crippen LogP) is 4.31. The minimum absolute atomic E-state index is 0.118. The molecule has 3 nitrogen and oxygen atoms in total. The summed E-state index contributed by atoms with van der Waals surface area (Å²) in [6.07, 6.45) is 2.60. The Bertz CT molecular complexity index is 681. The van der Waals surface area contributed by atoms with Crippen LogP contribution in [0.5, 0.6) is 0 Å². The average molecular weight is 337 g/mol. The van der Waals surface area contributed by atoms with Crippen LogP contribution >= 0.6 is 0 Å². The third kappa shape index (κ3) is 4.70. The van der Waals surface area contributed by atoms with Crippen molar-refractivity contribution < 1.29 is 9.53 Å². The van der Waals surface area contributed by atoms with Crippen LogP contribution in [-0.2, 0) is 16.1 Å². The molecule has 0 aromatic heterocycles. The first-order chi connectivity index (χ1) is 12.2. The van der Waals surface area contributed by atoms with Crippen LogP contribution in [-0.4, -0.2) is 30.6 Å². The van der Waals surface area contributed by atoms with Crippen molar-refractivity contribution in [2.75, 3.05) is 13.7 Å². The molecular formula is C22H27NO2. The summed E-state index contributed by atoms with van der Waals surface area (Å²) in [6, 6.07) is 19.6. The lowest BCUT2D eigenvalue weighted by atomic mass is 9.84. The van der Waals surface area contributed by atoms with Gasteiger partial charge >= 0.3 is 5.97 Å². The summed E-state index contributed by atoms with van der Waals surface area (Å²) >= 11 is 0. The number of rotatable bonds is 5. The van der Waals surface area contributed by atoms with E-state index in [0.717, 1.165) is 25.9 Å². The number of hydrogen-bond acceptors (Lipinski definition) is 3. The Labute approximate surface area is 150 Å². The molecule has 1 fully saturated rings. The standard InChI is InChI=1S/C22H27NO2/c1-17-8-10-18(11-9-17)16-23-13-12-20(19-6-4-3-5-7-19)14-21(23)15-22(24)25-2/h3-11,20-21H,12-16H2,1-2H3/t20-,21+/m0/s1. The third-order valence-corrected chi connectivity index (χ3v) is 5.24. The Hall–Kier alpha value is -2.13. The average Bonchev–Trinajstić information content (AvgIpc) is 2.65. The molecular weight excluding hydrogens is 310 g/mol. The van der Waals surface area contributed by atoms with Crippen molar-refractivity contribution in [2.45, 2.75) is 44.7 Å². The number of likely N-dealkylation sites (tertiary alicyclic amines) is 1. The number of methoxy groups -OCH3 is 1. The number of carbonyl (C=O) groups excluding carboxylic acids is 1. The van der Waals surface area contributed by atoms with Gasteiger partial charge in [-0.1, -0.05) is 60.2 Å². The maximum atomic E-state index is 11.9. The van der Waals surface area contributed by atoms with Crippen LogP contribution in [0, 0.1) is 6.92 Å². The molecule has 0 radical (unpaired) electrons. The van der Waals surface area contributed by atoms with E-state index in [9.17, 15) is 4.79 Å². The molecule has 0 amide bonds. The second kappa shape index (κ2) is 8.30. The fourth-order valence-electron chi connectivity index (χ4n) is 3.75. The summed E-state index contributed by atoms with van der Waals surface area (Å²) in [4.78, 5) is 14.4. The summed E-state index contributed by atoms with van der Waals surface area (Å²) in [5.74, 6) is 0.401. The second-order valence-corrected chi connectivity index (χ2v) is 7.02. The summed E-state index contributed by atoms with van der Waals surface area (Å²) < 4.78 is 4.94. The molecule has 1 aliphatic heterocycles. The van der Waals surface area contributed by atoms with Gasteiger partial charge in [-0.3, -0.25) is 9.69 Å². The van der Waals surface area contributed by atoms with Crippen LogP contribution in [0.2, 0.25) is 0 Å². The van der Waals surface area contributed by atoms with E-state index >= 15 is 0 Å². The van der Waals surface area contributed by atoms with Gasteiger partial charge in [-0.15, -0.1) is 0 Å². The monoisotopic (exact) mass is 337 g/mol. The van der Waals surface area contributed by atoms with Crippen LogP contribution < -0.4 is 0 Å². The van der Waals surface area contributed by atoms with Gasteiger partial charge in [-0.05, 0) is 43.4 Å². The van der Waals surface area contributed by atoms with Crippen molar-refractivity contribution in [3.63, 3.8) is 0 Å². The molecule has 25 heavy (non-hydrogen) atoms. The summed E-state index contributed by atoms with van der Waals surface area (Å²) in [7, 11) is 1.48. The zero-order valence-electron chi connectivity index (χ0n) is 15.2. The largest absolute Gasteiger partial charge is 0.469 e. The van der Waals surface area contributed by atoms with Crippen LogP contribution in [0.15, 0.2) is 54.6 Å². The maximum absolute atomic E-state index is 11.9. The molecule has 1 saturated heterocycles. The lowest BCUT2D eigenvalue weighted by Crippen LogP contribution is -2.42. The molecule has 1 aliphatic rings. The molecule has 2 aromatic carbocycles. The topological polar surface area (TPSA) is 29.5 Å². The van der Waals surface area contributed by atoms with Gasteiger partial charge in [0.15, 0.2) is 0 Å². The number of aryl methyl sites for hydroxylation is 1. The highest BCUT2D eigenvalue weighted by Crippen LogP contribution is 2.33. The minimum Gasteiger partial charge on any atom is -0.469 e. The Morgan fingerprint density at radius 2 is 1.84 bits per heavy atom.